The highest BCUT2D eigenvalue weighted by atomic mass is 19.1. The monoisotopic (exact) mass is 321 g/mol. The molecule has 0 atom stereocenters. The predicted molar refractivity (Wildman–Crippen MR) is 77.6 cm³/mol. The number of fused-ring (bicyclic) bond motifs is 1. The average Bonchev–Trinajstić information content (AvgIpc) is 2.96. The normalized spacial score (nSPS) is 13.1. The molecule has 1 aromatic heterocycles. The number of aryl methyl sites for hydroxylation is 1. The second-order valence-corrected chi connectivity index (χ2v) is 5.11. The number of carbonyl (C=O) groups excluding carboxylic acids is 1. The van der Waals surface area contributed by atoms with E-state index in [1.807, 2.05) is 0 Å². The highest BCUT2D eigenvalue weighted by Crippen LogP contribution is 2.32. The van der Waals surface area contributed by atoms with Gasteiger partial charge in [-0.2, -0.15) is 0 Å². The van der Waals surface area contributed by atoms with Gasteiger partial charge in [0.2, 0.25) is 11.2 Å². The Bertz CT molecular complexity index is 831. The van der Waals surface area contributed by atoms with Crippen LogP contribution in [0.4, 0.5) is 14.5 Å². The molecule has 2 heterocycles. The first-order valence-corrected chi connectivity index (χ1v) is 6.97. The third kappa shape index (κ3) is 2.69. The van der Waals surface area contributed by atoms with Gasteiger partial charge in [-0.3, -0.25) is 9.59 Å². The number of ether oxygens (including phenoxy) is 1. The van der Waals surface area contributed by atoms with Gasteiger partial charge < -0.3 is 14.1 Å². The van der Waals surface area contributed by atoms with E-state index in [9.17, 15) is 18.4 Å². The summed E-state index contributed by atoms with van der Waals surface area (Å²) in [6.45, 7) is 1.23. The Balaban J connectivity index is 1.80. The Hall–Kier alpha value is -2.70. The summed E-state index contributed by atoms with van der Waals surface area (Å²) in [7, 11) is 0. The van der Waals surface area contributed by atoms with E-state index in [1.54, 1.807) is 0 Å². The molecule has 1 aromatic carbocycles. The van der Waals surface area contributed by atoms with Crippen molar-refractivity contribution < 1.29 is 22.7 Å². The van der Waals surface area contributed by atoms with Crippen LogP contribution in [-0.2, 0) is 11.2 Å². The van der Waals surface area contributed by atoms with E-state index < -0.39 is 29.6 Å². The predicted octanol–water partition coefficient (Wildman–Crippen LogP) is 2.19. The van der Waals surface area contributed by atoms with Crippen molar-refractivity contribution in [3.05, 3.63) is 57.6 Å². The average molecular weight is 321 g/mol. The maximum atomic E-state index is 13.9. The fourth-order valence-electron chi connectivity index (χ4n) is 2.58. The molecule has 0 saturated heterocycles. The van der Waals surface area contributed by atoms with Crippen molar-refractivity contribution >= 4 is 11.6 Å². The molecule has 0 N–H and O–H groups in total. The van der Waals surface area contributed by atoms with Crippen LogP contribution in [0.2, 0.25) is 0 Å². The van der Waals surface area contributed by atoms with Gasteiger partial charge in [-0.05, 0) is 25.5 Å². The van der Waals surface area contributed by atoms with E-state index in [-0.39, 0.29) is 35.7 Å². The Morgan fingerprint density at radius 1 is 1.30 bits per heavy atom. The SMILES string of the molecule is Cc1occc(=O)c1OCC(=O)N1CCc2c(F)ccc(F)c21. The molecule has 1 aliphatic rings. The topological polar surface area (TPSA) is 59.8 Å². The first kappa shape index (κ1) is 15.2. The van der Waals surface area contributed by atoms with Gasteiger partial charge in [0.25, 0.3) is 5.91 Å². The largest absolute Gasteiger partial charge is 0.476 e. The van der Waals surface area contributed by atoms with Crippen molar-refractivity contribution in [3.63, 3.8) is 0 Å². The lowest BCUT2D eigenvalue weighted by molar-refractivity contribution is -0.120. The highest BCUT2D eigenvalue weighted by molar-refractivity contribution is 5.96. The maximum absolute atomic E-state index is 13.9. The molecule has 23 heavy (non-hydrogen) atoms. The number of anilines is 1. The number of amides is 1. The summed E-state index contributed by atoms with van der Waals surface area (Å²) in [4.78, 5) is 25.0. The van der Waals surface area contributed by atoms with Crippen LogP contribution in [0.1, 0.15) is 11.3 Å². The molecule has 7 heteroatoms. The molecule has 0 fully saturated rings. The van der Waals surface area contributed by atoms with E-state index in [0.717, 1.165) is 17.0 Å². The zero-order chi connectivity index (χ0) is 16.6. The zero-order valence-electron chi connectivity index (χ0n) is 12.3. The molecule has 1 aliphatic heterocycles. The van der Waals surface area contributed by atoms with Gasteiger partial charge >= 0.3 is 0 Å². The van der Waals surface area contributed by atoms with Crippen molar-refractivity contribution in [2.45, 2.75) is 13.3 Å². The second-order valence-electron chi connectivity index (χ2n) is 5.11. The van der Waals surface area contributed by atoms with Crippen LogP contribution in [-0.4, -0.2) is 19.1 Å². The van der Waals surface area contributed by atoms with E-state index in [4.69, 9.17) is 9.15 Å². The van der Waals surface area contributed by atoms with E-state index in [0.29, 0.717) is 0 Å². The summed E-state index contributed by atoms with van der Waals surface area (Å²) >= 11 is 0. The molecule has 0 unspecified atom stereocenters. The third-order valence-corrected chi connectivity index (χ3v) is 3.68. The smallest absolute Gasteiger partial charge is 0.265 e. The molecule has 3 rings (SSSR count). The highest BCUT2D eigenvalue weighted by Gasteiger charge is 2.30. The molecule has 2 aromatic rings. The lowest BCUT2D eigenvalue weighted by atomic mass is 10.1. The summed E-state index contributed by atoms with van der Waals surface area (Å²) in [5.41, 5.74) is -0.301. The van der Waals surface area contributed by atoms with Crippen LogP contribution >= 0.6 is 0 Å². The zero-order valence-corrected chi connectivity index (χ0v) is 12.3. The van der Waals surface area contributed by atoms with Gasteiger partial charge in [0.15, 0.2) is 6.61 Å². The Labute approximate surface area is 130 Å². The first-order valence-electron chi connectivity index (χ1n) is 6.97. The molecule has 5 nitrogen and oxygen atoms in total. The van der Waals surface area contributed by atoms with Crippen LogP contribution in [0, 0.1) is 18.6 Å². The lowest BCUT2D eigenvalue weighted by Crippen LogP contribution is -2.34. The molecular formula is C16H13F2NO4. The van der Waals surface area contributed by atoms with Gasteiger partial charge in [0.1, 0.15) is 17.4 Å². The van der Waals surface area contributed by atoms with Gasteiger partial charge in [-0.25, -0.2) is 8.78 Å². The summed E-state index contributed by atoms with van der Waals surface area (Å²) in [5, 5.41) is 0. The summed E-state index contributed by atoms with van der Waals surface area (Å²) in [5.74, 6) is -1.60. The number of rotatable bonds is 3. The second kappa shape index (κ2) is 5.83. The van der Waals surface area contributed by atoms with E-state index >= 15 is 0 Å². The summed E-state index contributed by atoms with van der Waals surface area (Å²) in [6, 6.07) is 3.20. The van der Waals surface area contributed by atoms with Gasteiger partial charge in [-0.15, -0.1) is 0 Å². The van der Waals surface area contributed by atoms with Crippen LogP contribution in [0.15, 0.2) is 33.7 Å². The van der Waals surface area contributed by atoms with Gasteiger partial charge in [0, 0.05) is 18.2 Å². The fraction of sp³-hybridized carbons (Fsp3) is 0.250. The Morgan fingerprint density at radius 3 is 2.78 bits per heavy atom. The standard InChI is InChI=1S/C16H13F2NO4/c1-9-16(13(20)5-7-22-9)23-8-14(21)19-6-4-10-11(17)2-3-12(18)15(10)19/h2-3,5,7H,4,6,8H2,1H3. The maximum Gasteiger partial charge on any atom is 0.265 e. The number of carbonyl (C=O) groups is 1. The summed E-state index contributed by atoms with van der Waals surface area (Å²) in [6.07, 6.45) is 1.46. The molecule has 0 bridgehead atoms. The molecule has 0 radical (unpaired) electrons. The van der Waals surface area contributed by atoms with Crippen molar-refractivity contribution in [2.24, 2.45) is 0 Å². The van der Waals surface area contributed by atoms with Gasteiger partial charge in [-0.1, -0.05) is 0 Å². The molecule has 0 spiro atoms. The molecule has 1 amide bonds. The van der Waals surface area contributed by atoms with E-state index in [2.05, 4.69) is 0 Å². The first-order chi connectivity index (χ1) is 11.0. The van der Waals surface area contributed by atoms with Crippen molar-refractivity contribution in [1.29, 1.82) is 0 Å². The number of hydrogen-bond donors (Lipinski definition) is 0. The van der Waals surface area contributed by atoms with E-state index in [1.165, 1.54) is 19.3 Å². The van der Waals surface area contributed by atoms with Crippen molar-refractivity contribution in [2.75, 3.05) is 18.1 Å². The Morgan fingerprint density at radius 2 is 2.04 bits per heavy atom. The van der Waals surface area contributed by atoms with Crippen LogP contribution in [0.5, 0.6) is 5.75 Å². The minimum Gasteiger partial charge on any atom is -0.476 e. The number of benzene rings is 1. The number of hydrogen-bond acceptors (Lipinski definition) is 4. The lowest BCUT2D eigenvalue weighted by Gasteiger charge is -2.18. The minimum absolute atomic E-state index is 0.0598. The van der Waals surface area contributed by atoms with Crippen molar-refractivity contribution in [1.82, 2.24) is 0 Å². The van der Waals surface area contributed by atoms with Crippen LogP contribution < -0.4 is 15.1 Å². The summed E-state index contributed by atoms with van der Waals surface area (Å²) < 4.78 is 37.8. The van der Waals surface area contributed by atoms with Crippen LogP contribution in [0.25, 0.3) is 0 Å². The molecule has 0 saturated carbocycles. The molecule has 120 valence electrons. The third-order valence-electron chi connectivity index (χ3n) is 3.68. The fourth-order valence-corrected chi connectivity index (χ4v) is 2.58. The minimum atomic E-state index is -0.664. The molecule has 0 aliphatic carbocycles. The molecular weight excluding hydrogens is 308 g/mol. The van der Waals surface area contributed by atoms with Crippen molar-refractivity contribution in [3.8, 4) is 5.75 Å². The number of nitrogens with zero attached hydrogens (tertiary/aromatic N) is 1. The van der Waals surface area contributed by atoms with Crippen LogP contribution in [0.3, 0.4) is 0 Å². The quantitative estimate of drug-likeness (QED) is 0.869. The Kier molecular flexibility index (Phi) is 3.85. The number of halogens is 2. The van der Waals surface area contributed by atoms with Gasteiger partial charge in [0.05, 0.1) is 12.0 Å².